The molecule has 0 aliphatic carbocycles. The number of nitrogens with one attached hydrogen (secondary N) is 1. The van der Waals surface area contributed by atoms with Crippen LogP contribution in [0.25, 0.3) is 0 Å². The first-order valence-electron chi connectivity index (χ1n) is 9.73. The van der Waals surface area contributed by atoms with Crippen molar-refractivity contribution in [2.45, 2.75) is 26.5 Å². The van der Waals surface area contributed by atoms with Crippen molar-refractivity contribution in [1.82, 2.24) is 10.2 Å². The van der Waals surface area contributed by atoms with Crippen molar-refractivity contribution >= 4 is 12.0 Å². The Morgan fingerprint density at radius 1 is 1.13 bits per heavy atom. The van der Waals surface area contributed by atoms with E-state index in [4.69, 9.17) is 14.2 Å². The highest BCUT2D eigenvalue weighted by Crippen LogP contribution is 2.36. The van der Waals surface area contributed by atoms with E-state index < -0.39 is 12.0 Å². The number of ether oxygens (including phenoxy) is 3. The Morgan fingerprint density at radius 3 is 2.53 bits per heavy atom. The third-order valence-corrected chi connectivity index (χ3v) is 5.01. The van der Waals surface area contributed by atoms with Crippen LogP contribution in [0.4, 0.5) is 4.79 Å². The van der Waals surface area contributed by atoms with Gasteiger partial charge in [-0.25, -0.2) is 9.59 Å². The molecule has 1 aliphatic heterocycles. The lowest BCUT2D eigenvalue weighted by molar-refractivity contribution is -0.139. The fourth-order valence-corrected chi connectivity index (χ4v) is 3.28. The lowest BCUT2D eigenvalue weighted by atomic mass is 9.94. The van der Waals surface area contributed by atoms with Crippen LogP contribution in [0.15, 0.2) is 59.8 Å². The van der Waals surface area contributed by atoms with Gasteiger partial charge in [0, 0.05) is 12.7 Å². The van der Waals surface area contributed by atoms with E-state index in [1.807, 2.05) is 36.4 Å². The number of allylic oxidation sites excluding steroid dienone is 1. The van der Waals surface area contributed by atoms with E-state index in [1.54, 1.807) is 40.1 Å². The molecule has 0 aromatic heterocycles. The summed E-state index contributed by atoms with van der Waals surface area (Å²) in [7, 11) is 3.16. The van der Waals surface area contributed by atoms with Crippen molar-refractivity contribution in [3.8, 4) is 11.5 Å². The second-order valence-corrected chi connectivity index (χ2v) is 6.85. The summed E-state index contributed by atoms with van der Waals surface area (Å²) in [6.07, 6.45) is 0. The molecule has 2 amide bonds. The Kier molecular flexibility index (Phi) is 6.61. The van der Waals surface area contributed by atoms with Gasteiger partial charge in [-0.3, -0.25) is 0 Å². The Hall–Kier alpha value is -3.48. The summed E-state index contributed by atoms with van der Waals surface area (Å²) in [6, 6.07) is 14.2. The number of carbonyl (C=O) groups is 2. The molecule has 1 heterocycles. The monoisotopic (exact) mass is 410 g/mol. The third-order valence-electron chi connectivity index (χ3n) is 5.01. The molecule has 0 spiro atoms. The highest BCUT2D eigenvalue weighted by molar-refractivity contribution is 5.95. The minimum Gasteiger partial charge on any atom is -0.493 e. The predicted octanol–water partition coefficient (Wildman–Crippen LogP) is 3.81. The molecule has 3 rings (SSSR count). The summed E-state index contributed by atoms with van der Waals surface area (Å²) >= 11 is 0. The van der Waals surface area contributed by atoms with Gasteiger partial charge in [-0.2, -0.15) is 0 Å². The van der Waals surface area contributed by atoms with Crippen LogP contribution in [-0.2, 0) is 16.1 Å². The van der Waals surface area contributed by atoms with Crippen LogP contribution in [0, 0.1) is 0 Å². The second-order valence-electron chi connectivity index (χ2n) is 6.85. The van der Waals surface area contributed by atoms with Gasteiger partial charge in [0.25, 0.3) is 0 Å². The first kappa shape index (κ1) is 21.2. The van der Waals surface area contributed by atoms with Crippen molar-refractivity contribution in [2.24, 2.45) is 0 Å². The fourth-order valence-electron chi connectivity index (χ4n) is 3.28. The summed E-state index contributed by atoms with van der Waals surface area (Å²) in [4.78, 5) is 26.4. The minimum atomic E-state index is -0.648. The van der Waals surface area contributed by atoms with Gasteiger partial charge in [0.15, 0.2) is 11.5 Å². The van der Waals surface area contributed by atoms with Gasteiger partial charge in [-0.1, -0.05) is 36.4 Å². The predicted molar refractivity (Wildman–Crippen MR) is 112 cm³/mol. The average molecular weight is 410 g/mol. The quantitative estimate of drug-likeness (QED) is 0.703. The molecule has 2 aromatic rings. The molecule has 7 nitrogen and oxygen atoms in total. The largest absolute Gasteiger partial charge is 0.493 e. The van der Waals surface area contributed by atoms with Crippen LogP contribution in [0.5, 0.6) is 11.5 Å². The Morgan fingerprint density at radius 2 is 1.87 bits per heavy atom. The second kappa shape index (κ2) is 9.35. The number of urea groups is 1. The van der Waals surface area contributed by atoms with Crippen LogP contribution < -0.4 is 14.8 Å². The van der Waals surface area contributed by atoms with E-state index in [2.05, 4.69) is 5.32 Å². The zero-order valence-corrected chi connectivity index (χ0v) is 17.6. The molecule has 1 N–H and O–H groups in total. The number of carbonyl (C=O) groups excluding carboxylic acids is 2. The lowest BCUT2D eigenvalue weighted by Gasteiger charge is -2.33. The van der Waals surface area contributed by atoms with Crippen LogP contribution in [0.2, 0.25) is 0 Å². The van der Waals surface area contributed by atoms with E-state index in [0.717, 1.165) is 5.56 Å². The normalized spacial score (nSPS) is 16.2. The van der Waals surface area contributed by atoms with E-state index in [9.17, 15) is 9.59 Å². The maximum atomic E-state index is 12.6. The molecule has 1 aliphatic rings. The Bertz CT molecular complexity index is 955. The lowest BCUT2D eigenvalue weighted by Crippen LogP contribution is -2.46. The number of hydrogen-bond donors (Lipinski definition) is 1. The number of rotatable bonds is 7. The Balaban J connectivity index is 1.91. The molecule has 0 saturated carbocycles. The number of benzene rings is 2. The summed E-state index contributed by atoms with van der Waals surface area (Å²) in [6.45, 7) is 4.12. The van der Waals surface area contributed by atoms with Crippen LogP contribution in [-0.4, -0.2) is 37.7 Å². The van der Waals surface area contributed by atoms with E-state index in [1.165, 1.54) is 4.90 Å². The summed E-state index contributed by atoms with van der Waals surface area (Å²) in [5, 5.41) is 2.86. The van der Waals surface area contributed by atoms with E-state index in [-0.39, 0.29) is 12.6 Å². The van der Waals surface area contributed by atoms with Gasteiger partial charge >= 0.3 is 12.0 Å². The Labute approximate surface area is 176 Å². The van der Waals surface area contributed by atoms with Crippen molar-refractivity contribution in [3.05, 3.63) is 70.9 Å². The maximum absolute atomic E-state index is 12.6. The minimum absolute atomic E-state index is 0.246. The number of esters is 1. The van der Waals surface area contributed by atoms with Gasteiger partial charge in [0.05, 0.1) is 25.3 Å². The summed E-state index contributed by atoms with van der Waals surface area (Å²) in [5.41, 5.74) is 2.67. The first-order chi connectivity index (χ1) is 14.5. The van der Waals surface area contributed by atoms with Crippen molar-refractivity contribution in [2.75, 3.05) is 20.8 Å². The molecule has 2 aromatic carbocycles. The fraction of sp³-hybridized carbons (Fsp3) is 0.304. The maximum Gasteiger partial charge on any atom is 0.338 e. The summed E-state index contributed by atoms with van der Waals surface area (Å²) < 4.78 is 16.6. The number of hydrogen-bond acceptors (Lipinski definition) is 5. The van der Waals surface area contributed by atoms with E-state index >= 15 is 0 Å². The van der Waals surface area contributed by atoms with Crippen LogP contribution in [0.1, 0.15) is 31.0 Å². The van der Waals surface area contributed by atoms with Crippen molar-refractivity contribution < 1.29 is 23.8 Å². The molecule has 30 heavy (non-hydrogen) atoms. The molecule has 0 fully saturated rings. The first-order valence-corrected chi connectivity index (χ1v) is 9.73. The standard InChI is InChI=1S/C23H26N2O5/c1-5-29-22(26)20-15(2)25(3)23(27)24-21(20)17-11-12-18(19(13-17)28-4)30-14-16-9-7-6-8-10-16/h6-13,21H,5,14H2,1-4H3,(H,24,27)/t21-/m1/s1. The van der Waals surface area contributed by atoms with Crippen LogP contribution in [0.3, 0.4) is 0 Å². The van der Waals surface area contributed by atoms with E-state index in [0.29, 0.717) is 34.9 Å². The van der Waals surface area contributed by atoms with Gasteiger partial charge in [0.1, 0.15) is 6.61 Å². The number of methoxy groups -OCH3 is 1. The number of nitrogens with zero attached hydrogens (tertiary/aromatic N) is 1. The van der Waals surface area contributed by atoms with Gasteiger partial charge in [-0.05, 0) is 37.1 Å². The molecule has 0 saturated heterocycles. The molecule has 0 unspecified atom stereocenters. The average Bonchev–Trinajstić information content (AvgIpc) is 2.76. The van der Waals surface area contributed by atoms with Gasteiger partial charge in [-0.15, -0.1) is 0 Å². The molecule has 7 heteroatoms. The third kappa shape index (κ3) is 4.40. The van der Waals surface area contributed by atoms with Gasteiger partial charge < -0.3 is 24.4 Å². The number of amides is 2. The molecular weight excluding hydrogens is 384 g/mol. The highest BCUT2D eigenvalue weighted by Gasteiger charge is 2.35. The zero-order valence-electron chi connectivity index (χ0n) is 17.6. The molecular formula is C23H26N2O5. The summed E-state index contributed by atoms with van der Waals surface area (Å²) in [5.74, 6) is 0.621. The molecule has 158 valence electrons. The smallest absolute Gasteiger partial charge is 0.338 e. The SMILES string of the molecule is CCOC(=O)C1=C(C)N(C)C(=O)N[C@@H]1c1ccc(OCc2ccccc2)c(OC)c1. The highest BCUT2D eigenvalue weighted by atomic mass is 16.5. The topological polar surface area (TPSA) is 77.1 Å². The van der Waals surface area contributed by atoms with Gasteiger partial charge in [0.2, 0.25) is 0 Å². The molecule has 0 bridgehead atoms. The van der Waals surface area contributed by atoms with Crippen LogP contribution >= 0.6 is 0 Å². The zero-order chi connectivity index (χ0) is 21.7. The molecule has 1 atom stereocenters. The van der Waals surface area contributed by atoms with Crippen molar-refractivity contribution in [1.29, 1.82) is 0 Å². The van der Waals surface area contributed by atoms with Crippen molar-refractivity contribution in [3.63, 3.8) is 0 Å². The molecule has 0 radical (unpaired) electrons.